The van der Waals surface area contributed by atoms with Crippen molar-refractivity contribution in [3.05, 3.63) is 45.8 Å². The molecule has 1 aliphatic heterocycles. The van der Waals surface area contributed by atoms with Crippen molar-refractivity contribution in [1.82, 2.24) is 0 Å². The van der Waals surface area contributed by atoms with Crippen LogP contribution in [0, 0.1) is 6.92 Å². The Balaban J connectivity index is 1.93. The van der Waals surface area contributed by atoms with Gasteiger partial charge in [0.25, 0.3) is 5.91 Å². The fourth-order valence-electron chi connectivity index (χ4n) is 2.57. The summed E-state index contributed by atoms with van der Waals surface area (Å²) in [5, 5.41) is 4.37. The summed E-state index contributed by atoms with van der Waals surface area (Å²) in [6, 6.07) is 7.00. The number of carbonyl (C=O) groups is 2. The van der Waals surface area contributed by atoms with Gasteiger partial charge in [-0.15, -0.1) is 11.3 Å². The summed E-state index contributed by atoms with van der Waals surface area (Å²) >= 11 is 0.930. The number of anilines is 2. The molecule has 1 aromatic heterocycles. The average molecular weight is 384 g/mol. The first-order chi connectivity index (χ1) is 12.3. The van der Waals surface area contributed by atoms with E-state index in [1.165, 1.54) is 0 Å². The van der Waals surface area contributed by atoms with Gasteiger partial charge < -0.3 is 15.4 Å². The Labute approximate surface area is 151 Å². The third-order valence-electron chi connectivity index (χ3n) is 3.84. The van der Waals surface area contributed by atoms with Crippen LogP contribution in [-0.4, -0.2) is 24.6 Å². The highest BCUT2D eigenvalue weighted by molar-refractivity contribution is 7.17. The molecule has 5 nitrogen and oxygen atoms in total. The molecule has 2 amide bonds. The van der Waals surface area contributed by atoms with E-state index < -0.39 is 18.0 Å². The largest absolute Gasteiger partial charge is 0.471 e. The molecule has 3 rings (SSSR count). The van der Waals surface area contributed by atoms with Gasteiger partial charge in [-0.25, -0.2) is 0 Å². The number of hydrogen-bond donors (Lipinski definition) is 2. The van der Waals surface area contributed by atoms with Gasteiger partial charge in [-0.2, -0.15) is 13.2 Å². The normalized spacial score (nSPS) is 13.8. The summed E-state index contributed by atoms with van der Waals surface area (Å²) in [5.74, 6) is -2.67. The minimum atomic E-state index is -5.04. The highest BCUT2D eigenvalue weighted by Gasteiger charge is 2.40. The number of carbonyl (C=O) groups excluding carboxylic acids is 2. The smallest absolute Gasteiger partial charge is 0.376 e. The van der Waals surface area contributed by atoms with Crippen molar-refractivity contribution in [3.63, 3.8) is 0 Å². The Bertz CT molecular complexity index is 844. The zero-order valence-electron chi connectivity index (χ0n) is 13.7. The number of alkyl halides is 3. The fourth-order valence-corrected chi connectivity index (χ4v) is 3.74. The molecule has 0 spiro atoms. The van der Waals surface area contributed by atoms with E-state index in [0.717, 1.165) is 16.9 Å². The molecule has 0 fully saturated rings. The Morgan fingerprint density at radius 1 is 1.15 bits per heavy atom. The van der Waals surface area contributed by atoms with Gasteiger partial charge in [-0.05, 0) is 31.0 Å². The summed E-state index contributed by atoms with van der Waals surface area (Å²) in [5.41, 5.74) is 2.20. The number of thiophene rings is 1. The van der Waals surface area contributed by atoms with Crippen LogP contribution in [-0.2, 0) is 22.6 Å². The van der Waals surface area contributed by atoms with Gasteiger partial charge in [0.15, 0.2) is 0 Å². The summed E-state index contributed by atoms with van der Waals surface area (Å²) in [6.45, 7) is 2.46. The Hall–Kier alpha value is -2.39. The Morgan fingerprint density at radius 3 is 2.50 bits per heavy atom. The van der Waals surface area contributed by atoms with E-state index in [9.17, 15) is 22.8 Å². The number of rotatable bonds is 3. The third-order valence-corrected chi connectivity index (χ3v) is 4.96. The lowest BCUT2D eigenvalue weighted by Crippen LogP contribution is -2.30. The number of hydrogen-bond acceptors (Lipinski definition) is 4. The predicted octanol–water partition coefficient (Wildman–Crippen LogP) is 3.88. The lowest BCUT2D eigenvalue weighted by atomic mass is 10.0. The minimum Gasteiger partial charge on any atom is -0.376 e. The van der Waals surface area contributed by atoms with Gasteiger partial charge in [0.2, 0.25) is 0 Å². The third kappa shape index (κ3) is 3.88. The van der Waals surface area contributed by atoms with Gasteiger partial charge in [-0.1, -0.05) is 17.7 Å². The molecule has 26 heavy (non-hydrogen) atoms. The first kappa shape index (κ1) is 18.4. The maximum atomic E-state index is 12.7. The zero-order valence-corrected chi connectivity index (χ0v) is 14.5. The molecule has 0 atom stereocenters. The molecular weight excluding hydrogens is 369 g/mol. The molecule has 0 saturated carbocycles. The molecule has 2 heterocycles. The summed E-state index contributed by atoms with van der Waals surface area (Å²) in [6.07, 6.45) is -4.64. The fraction of sp³-hybridized carbons (Fsp3) is 0.294. The van der Waals surface area contributed by atoms with E-state index in [1.54, 1.807) is 24.3 Å². The van der Waals surface area contributed by atoms with Gasteiger partial charge in [-0.3, -0.25) is 9.59 Å². The standard InChI is InChI=1S/C17H15F3N2O3S/c1-9-2-4-10(5-3-9)21-14(23)13-11-6-7-25-8-12(11)26-15(13)22-16(24)17(18,19)20/h2-5H,6-8H2,1H3,(H,21,23)(H,22,24). The van der Waals surface area contributed by atoms with Crippen LogP contribution in [0.3, 0.4) is 0 Å². The molecule has 9 heteroatoms. The van der Waals surface area contributed by atoms with Crippen LogP contribution < -0.4 is 10.6 Å². The van der Waals surface area contributed by atoms with Gasteiger partial charge in [0.1, 0.15) is 5.00 Å². The van der Waals surface area contributed by atoms with Crippen molar-refractivity contribution in [1.29, 1.82) is 0 Å². The van der Waals surface area contributed by atoms with E-state index in [4.69, 9.17) is 4.74 Å². The lowest BCUT2D eigenvalue weighted by Gasteiger charge is -2.14. The van der Waals surface area contributed by atoms with Crippen LogP contribution >= 0.6 is 11.3 Å². The van der Waals surface area contributed by atoms with Crippen LogP contribution in [0.2, 0.25) is 0 Å². The van der Waals surface area contributed by atoms with Crippen molar-refractivity contribution >= 4 is 33.8 Å². The molecule has 0 radical (unpaired) electrons. The van der Waals surface area contributed by atoms with E-state index in [1.807, 2.05) is 12.2 Å². The van der Waals surface area contributed by atoms with Crippen molar-refractivity contribution < 1.29 is 27.5 Å². The van der Waals surface area contributed by atoms with Gasteiger partial charge >= 0.3 is 12.1 Å². The number of halogens is 3. The second-order valence-electron chi connectivity index (χ2n) is 5.78. The number of aryl methyl sites for hydroxylation is 1. The van der Waals surface area contributed by atoms with Gasteiger partial charge in [0, 0.05) is 10.6 Å². The molecule has 138 valence electrons. The maximum Gasteiger partial charge on any atom is 0.471 e. The van der Waals surface area contributed by atoms with Crippen molar-refractivity contribution in [2.45, 2.75) is 26.1 Å². The zero-order chi connectivity index (χ0) is 18.9. The predicted molar refractivity (Wildman–Crippen MR) is 91.5 cm³/mol. The second kappa shape index (κ2) is 7.08. The average Bonchev–Trinajstić information content (AvgIpc) is 2.94. The molecule has 1 aliphatic rings. The molecule has 0 aliphatic carbocycles. The summed E-state index contributed by atoms with van der Waals surface area (Å²) < 4.78 is 43.1. The van der Waals surface area contributed by atoms with Crippen LogP contribution in [0.4, 0.5) is 23.9 Å². The van der Waals surface area contributed by atoms with Crippen LogP contribution in [0.15, 0.2) is 24.3 Å². The van der Waals surface area contributed by atoms with Crippen molar-refractivity contribution in [2.24, 2.45) is 0 Å². The Kier molecular flexibility index (Phi) is 5.01. The quantitative estimate of drug-likeness (QED) is 0.844. The van der Waals surface area contributed by atoms with Crippen molar-refractivity contribution in [3.8, 4) is 0 Å². The summed E-state index contributed by atoms with van der Waals surface area (Å²) in [7, 11) is 0. The number of fused-ring (bicyclic) bond motifs is 1. The molecule has 2 aromatic rings. The summed E-state index contributed by atoms with van der Waals surface area (Å²) in [4.78, 5) is 24.7. The highest BCUT2D eigenvalue weighted by Crippen LogP contribution is 2.37. The van der Waals surface area contributed by atoms with E-state index >= 15 is 0 Å². The van der Waals surface area contributed by atoms with Crippen LogP contribution in [0.1, 0.15) is 26.4 Å². The first-order valence-electron chi connectivity index (χ1n) is 7.74. The van der Waals surface area contributed by atoms with E-state index in [-0.39, 0.29) is 17.2 Å². The van der Waals surface area contributed by atoms with E-state index in [2.05, 4.69) is 5.32 Å². The monoisotopic (exact) mass is 384 g/mol. The number of benzene rings is 1. The molecule has 2 N–H and O–H groups in total. The second-order valence-corrected chi connectivity index (χ2v) is 6.89. The maximum absolute atomic E-state index is 12.7. The molecule has 0 unspecified atom stereocenters. The molecule has 1 aromatic carbocycles. The van der Waals surface area contributed by atoms with Gasteiger partial charge in [0.05, 0.1) is 18.8 Å². The molecule has 0 saturated heterocycles. The van der Waals surface area contributed by atoms with E-state index in [0.29, 0.717) is 29.2 Å². The SMILES string of the molecule is Cc1ccc(NC(=O)c2c(NC(=O)C(F)(F)F)sc3c2CCOC3)cc1. The molecular formula is C17H15F3N2O3S. The lowest BCUT2D eigenvalue weighted by molar-refractivity contribution is -0.167. The number of nitrogens with one attached hydrogen (secondary N) is 2. The highest BCUT2D eigenvalue weighted by atomic mass is 32.1. The molecule has 0 bridgehead atoms. The first-order valence-corrected chi connectivity index (χ1v) is 8.56. The van der Waals surface area contributed by atoms with Crippen LogP contribution in [0.25, 0.3) is 0 Å². The number of amides is 2. The van der Waals surface area contributed by atoms with Crippen LogP contribution in [0.5, 0.6) is 0 Å². The van der Waals surface area contributed by atoms with Crippen molar-refractivity contribution in [2.75, 3.05) is 17.2 Å². The number of ether oxygens (including phenoxy) is 1. The topological polar surface area (TPSA) is 67.4 Å². The minimum absolute atomic E-state index is 0.0616. The Morgan fingerprint density at radius 2 is 1.85 bits per heavy atom.